The smallest absolute Gasteiger partial charge is 0.121 e. The van der Waals surface area contributed by atoms with Gasteiger partial charge in [-0.1, -0.05) is 35.9 Å². The lowest BCUT2D eigenvalue weighted by Crippen LogP contribution is -1.97. The number of benzene rings is 1. The summed E-state index contributed by atoms with van der Waals surface area (Å²) < 4.78 is 0. The Kier molecular flexibility index (Phi) is 7.19. The average molecular weight is 165 g/mol. The topological polar surface area (TPSA) is 43.1 Å². The van der Waals surface area contributed by atoms with E-state index < -0.39 is 0 Å². The maximum absolute atomic E-state index is 9.32. The van der Waals surface area contributed by atoms with Crippen molar-refractivity contribution in [2.45, 2.75) is 13.3 Å². The zero-order valence-corrected chi connectivity index (χ0v) is 7.36. The van der Waals surface area contributed by atoms with Crippen molar-refractivity contribution in [3.63, 3.8) is 0 Å². The monoisotopic (exact) mass is 165 g/mol. The van der Waals surface area contributed by atoms with E-state index in [1.165, 1.54) is 5.56 Å². The van der Waals surface area contributed by atoms with Gasteiger partial charge in [-0.15, -0.1) is 0 Å². The van der Waals surface area contributed by atoms with E-state index >= 15 is 0 Å². The Balaban J connectivity index is 0.000000217. The van der Waals surface area contributed by atoms with Crippen molar-refractivity contribution >= 4 is 6.29 Å². The van der Waals surface area contributed by atoms with Crippen LogP contribution in [0.5, 0.6) is 0 Å². The molecule has 0 heterocycles. The number of carbonyl (C=O) groups excluding carboxylic acids is 1. The zero-order chi connectivity index (χ0) is 9.23. The summed E-state index contributed by atoms with van der Waals surface area (Å²) in [6, 6.07) is 10.3. The third-order valence-corrected chi connectivity index (χ3v) is 1.22. The molecule has 0 bridgehead atoms. The fourth-order valence-corrected chi connectivity index (χ4v) is 0.602. The Hall–Kier alpha value is -1.15. The molecule has 0 aliphatic heterocycles. The molecule has 1 aromatic rings. The van der Waals surface area contributed by atoms with Crippen molar-refractivity contribution in [1.29, 1.82) is 0 Å². The molecule has 0 unspecified atom stereocenters. The lowest BCUT2D eigenvalue weighted by Gasteiger charge is -1.82. The Bertz CT molecular complexity index is 196. The van der Waals surface area contributed by atoms with Crippen LogP contribution in [0.3, 0.4) is 0 Å². The highest BCUT2D eigenvalue weighted by atomic mass is 16.1. The Morgan fingerprint density at radius 1 is 1.33 bits per heavy atom. The molecule has 0 fully saturated rings. The van der Waals surface area contributed by atoms with E-state index in [1.807, 2.05) is 18.2 Å². The molecule has 0 atom stereocenters. The number of hydrogen-bond donors (Lipinski definition) is 1. The van der Waals surface area contributed by atoms with Gasteiger partial charge < -0.3 is 10.5 Å². The molecule has 1 rings (SSSR count). The first-order valence-corrected chi connectivity index (χ1v) is 3.96. The minimum Gasteiger partial charge on any atom is -0.330 e. The fourth-order valence-electron chi connectivity index (χ4n) is 0.602. The maximum Gasteiger partial charge on any atom is 0.121 e. The second-order valence-corrected chi connectivity index (χ2v) is 2.40. The molecule has 0 aliphatic rings. The van der Waals surface area contributed by atoms with E-state index in [2.05, 4.69) is 19.1 Å². The van der Waals surface area contributed by atoms with Gasteiger partial charge in [0.2, 0.25) is 0 Å². The molecule has 12 heavy (non-hydrogen) atoms. The molecule has 0 aliphatic carbocycles. The summed E-state index contributed by atoms with van der Waals surface area (Å²) in [6.45, 7) is 2.56. The van der Waals surface area contributed by atoms with Gasteiger partial charge in [-0.25, -0.2) is 0 Å². The first kappa shape index (κ1) is 10.8. The SMILES string of the molecule is Cc1ccccc1.NCCC=O. The van der Waals surface area contributed by atoms with Gasteiger partial charge in [0.25, 0.3) is 0 Å². The standard InChI is InChI=1S/C7H8.C3H7NO/c1-7-5-3-2-4-6-7;4-2-1-3-5/h2-6H,1H3;3H,1-2,4H2. The summed E-state index contributed by atoms with van der Waals surface area (Å²) in [5, 5.41) is 0. The van der Waals surface area contributed by atoms with E-state index in [0.717, 1.165) is 6.29 Å². The van der Waals surface area contributed by atoms with Crippen LogP contribution in [0.1, 0.15) is 12.0 Å². The number of hydrogen-bond acceptors (Lipinski definition) is 2. The Morgan fingerprint density at radius 3 is 2.08 bits per heavy atom. The van der Waals surface area contributed by atoms with E-state index in [1.54, 1.807) is 0 Å². The van der Waals surface area contributed by atoms with Gasteiger partial charge in [0.1, 0.15) is 6.29 Å². The van der Waals surface area contributed by atoms with Gasteiger partial charge >= 0.3 is 0 Å². The molecule has 0 saturated carbocycles. The predicted molar refractivity (Wildman–Crippen MR) is 50.9 cm³/mol. The first-order chi connectivity index (χ1) is 5.81. The van der Waals surface area contributed by atoms with Crippen LogP contribution in [-0.2, 0) is 4.79 Å². The number of nitrogens with two attached hydrogens (primary N) is 1. The van der Waals surface area contributed by atoms with Gasteiger partial charge in [-0.3, -0.25) is 0 Å². The molecule has 2 nitrogen and oxygen atoms in total. The average Bonchev–Trinajstić information content (AvgIpc) is 2.08. The second-order valence-electron chi connectivity index (χ2n) is 2.40. The molecule has 0 spiro atoms. The molecule has 2 N–H and O–H groups in total. The molecule has 2 heteroatoms. The molecule has 0 aromatic heterocycles. The number of aldehydes is 1. The third-order valence-electron chi connectivity index (χ3n) is 1.22. The van der Waals surface area contributed by atoms with Gasteiger partial charge in [-0.05, 0) is 13.5 Å². The molecule has 1 aromatic carbocycles. The van der Waals surface area contributed by atoms with Gasteiger partial charge in [0, 0.05) is 6.42 Å². The molecule has 66 valence electrons. The van der Waals surface area contributed by atoms with Gasteiger partial charge in [0.05, 0.1) is 0 Å². The van der Waals surface area contributed by atoms with Crippen LogP contribution < -0.4 is 5.73 Å². The van der Waals surface area contributed by atoms with Crippen LogP contribution in [0.15, 0.2) is 30.3 Å². The van der Waals surface area contributed by atoms with Crippen molar-refractivity contribution in [2.75, 3.05) is 6.54 Å². The van der Waals surface area contributed by atoms with Crippen molar-refractivity contribution < 1.29 is 4.79 Å². The summed E-state index contributed by atoms with van der Waals surface area (Å²) in [5.74, 6) is 0. The van der Waals surface area contributed by atoms with Crippen LogP contribution >= 0.6 is 0 Å². The summed E-state index contributed by atoms with van der Waals surface area (Å²) >= 11 is 0. The van der Waals surface area contributed by atoms with Crippen molar-refractivity contribution in [2.24, 2.45) is 5.73 Å². The van der Waals surface area contributed by atoms with Crippen molar-refractivity contribution in [3.05, 3.63) is 35.9 Å². The van der Waals surface area contributed by atoms with E-state index in [-0.39, 0.29) is 0 Å². The lowest BCUT2D eigenvalue weighted by atomic mass is 10.2. The van der Waals surface area contributed by atoms with E-state index in [9.17, 15) is 4.79 Å². The number of aryl methyl sites for hydroxylation is 1. The minimum atomic E-state index is 0.476. The van der Waals surface area contributed by atoms with Crippen LogP contribution in [0.2, 0.25) is 0 Å². The van der Waals surface area contributed by atoms with Gasteiger partial charge in [-0.2, -0.15) is 0 Å². The zero-order valence-electron chi connectivity index (χ0n) is 7.36. The van der Waals surface area contributed by atoms with E-state index in [0.29, 0.717) is 13.0 Å². The van der Waals surface area contributed by atoms with Crippen molar-refractivity contribution in [3.8, 4) is 0 Å². The van der Waals surface area contributed by atoms with Crippen LogP contribution in [0.25, 0.3) is 0 Å². The quantitative estimate of drug-likeness (QED) is 0.675. The van der Waals surface area contributed by atoms with E-state index in [4.69, 9.17) is 5.73 Å². The summed E-state index contributed by atoms with van der Waals surface area (Å²) in [5.41, 5.74) is 6.23. The summed E-state index contributed by atoms with van der Waals surface area (Å²) in [6.07, 6.45) is 1.29. The maximum atomic E-state index is 9.32. The Morgan fingerprint density at radius 2 is 1.92 bits per heavy atom. The predicted octanol–water partition coefficient (Wildman–Crippen LogP) is 1.53. The first-order valence-electron chi connectivity index (χ1n) is 3.96. The second kappa shape index (κ2) is 7.95. The summed E-state index contributed by atoms with van der Waals surface area (Å²) in [4.78, 5) is 9.32. The normalized spacial score (nSPS) is 8.17. The molecule has 0 amide bonds. The molecule has 0 saturated heterocycles. The lowest BCUT2D eigenvalue weighted by molar-refractivity contribution is -0.107. The molecular formula is C10H15NO. The fraction of sp³-hybridized carbons (Fsp3) is 0.300. The molecular weight excluding hydrogens is 150 g/mol. The van der Waals surface area contributed by atoms with Crippen LogP contribution in [0.4, 0.5) is 0 Å². The van der Waals surface area contributed by atoms with Gasteiger partial charge in [0.15, 0.2) is 0 Å². The largest absolute Gasteiger partial charge is 0.330 e. The highest BCUT2D eigenvalue weighted by Crippen LogP contribution is 1.92. The minimum absolute atomic E-state index is 0.476. The summed E-state index contributed by atoms with van der Waals surface area (Å²) in [7, 11) is 0. The number of rotatable bonds is 2. The third kappa shape index (κ3) is 6.96. The molecule has 0 radical (unpaired) electrons. The van der Waals surface area contributed by atoms with Crippen LogP contribution in [0, 0.1) is 6.92 Å². The number of carbonyl (C=O) groups is 1. The Labute approximate surface area is 73.4 Å². The van der Waals surface area contributed by atoms with Crippen LogP contribution in [-0.4, -0.2) is 12.8 Å². The highest BCUT2D eigenvalue weighted by Gasteiger charge is 1.72. The van der Waals surface area contributed by atoms with Crippen molar-refractivity contribution in [1.82, 2.24) is 0 Å². The highest BCUT2D eigenvalue weighted by molar-refractivity contribution is 5.49.